The summed E-state index contributed by atoms with van der Waals surface area (Å²) in [5.74, 6) is 0.505. The molecule has 29 heavy (non-hydrogen) atoms. The Kier molecular flexibility index (Phi) is 7.65. The second-order valence-corrected chi connectivity index (χ2v) is 8.22. The van der Waals surface area contributed by atoms with Gasteiger partial charge in [-0.1, -0.05) is 42.1 Å². The van der Waals surface area contributed by atoms with Crippen molar-refractivity contribution in [2.24, 2.45) is 0 Å². The van der Waals surface area contributed by atoms with Crippen molar-refractivity contribution in [2.75, 3.05) is 36.9 Å². The Balaban J connectivity index is 1.36. The summed E-state index contributed by atoms with van der Waals surface area (Å²) < 4.78 is 5.18. The van der Waals surface area contributed by atoms with Crippen LogP contribution in [0, 0.1) is 0 Å². The van der Waals surface area contributed by atoms with Gasteiger partial charge in [0.1, 0.15) is 5.88 Å². The smallest absolute Gasteiger partial charge is 0.257 e. The Morgan fingerprint density at radius 1 is 1.21 bits per heavy atom. The number of rotatable bonds is 8. The van der Waals surface area contributed by atoms with Gasteiger partial charge in [0.25, 0.3) is 6.20 Å². The minimum atomic E-state index is -0.273. The topological polar surface area (TPSA) is 84.6 Å². The highest BCUT2D eigenvalue weighted by molar-refractivity contribution is 8.14. The fourth-order valence-electron chi connectivity index (χ4n) is 3.07. The van der Waals surface area contributed by atoms with Crippen LogP contribution >= 0.6 is 11.8 Å². The van der Waals surface area contributed by atoms with E-state index >= 15 is 0 Å². The third-order valence-corrected chi connectivity index (χ3v) is 5.76. The summed E-state index contributed by atoms with van der Waals surface area (Å²) in [5, 5.41) is 10.0. The molecule has 3 rings (SSSR count). The van der Waals surface area contributed by atoms with E-state index in [4.69, 9.17) is 4.52 Å². The first kappa shape index (κ1) is 21.3. The van der Waals surface area contributed by atoms with Gasteiger partial charge in [-0.15, -0.1) is 0 Å². The molecule has 0 spiro atoms. The van der Waals surface area contributed by atoms with Crippen LogP contribution in [0.15, 0.2) is 41.1 Å². The van der Waals surface area contributed by atoms with E-state index in [1.807, 2.05) is 18.2 Å². The van der Waals surface area contributed by atoms with Crippen LogP contribution in [-0.4, -0.2) is 59.2 Å². The Morgan fingerprint density at radius 3 is 2.62 bits per heavy atom. The summed E-state index contributed by atoms with van der Waals surface area (Å²) in [7, 11) is 0. The van der Waals surface area contributed by atoms with Crippen molar-refractivity contribution in [3.8, 4) is 0 Å². The molecule has 0 saturated carbocycles. The van der Waals surface area contributed by atoms with E-state index in [2.05, 4.69) is 34.3 Å². The van der Waals surface area contributed by atoms with Crippen molar-refractivity contribution in [3.63, 3.8) is 0 Å². The molecule has 0 radical (unpaired) electrons. The van der Waals surface area contributed by atoms with Gasteiger partial charge in [0.15, 0.2) is 0 Å². The van der Waals surface area contributed by atoms with Gasteiger partial charge in [0, 0.05) is 30.4 Å². The summed E-state index contributed by atoms with van der Waals surface area (Å²) >= 11 is 1.22. The molecule has 2 heterocycles. The lowest BCUT2D eigenvalue weighted by molar-refractivity contribution is -0.759. The van der Waals surface area contributed by atoms with E-state index in [1.165, 1.54) is 11.8 Å². The molecule has 1 amide bonds. The number of hydrogen-bond acceptors (Lipinski definition) is 7. The van der Waals surface area contributed by atoms with E-state index in [0.717, 1.165) is 26.2 Å². The average molecular weight is 418 g/mol. The molecule has 0 N–H and O–H groups in total. The SMILES string of the molecule is CC(C)N1CCN([n+]2cc([N-]C(=O)CCCSC(=O)c3ccccc3)on2)CC1. The third kappa shape index (κ3) is 6.30. The van der Waals surface area contributed by atoms with Crippen LogP contribution < -0.4 is 9.80 Å². The summed E-state index contributed by atoms with van der Waals surface area (Å²) in [5.41, 5.74) is 0.675. The Labute approximate surface area is 175 Å². The summed E-state index contributed by atoms with van der Waals surface area (Å²) in [6, 6.07) is 9.66. The number of aromatic nitrogens is 2. The number of thioether (sulfide) groups is 1. The molecule has 0 unspecified atom stereocenters. The van der Waals surface area contributed by atoms with E-state index in [-0.39, 0.29) is 23.3 Å². The lowest BCUT2D eigenvalue weighted by Gasteiger charge is -2.32. The molecule has 8 nitrogen and oxygen atoms in total. The number of hydrogen-bond donors (Lipinski definition) is 0. The monoisotopic (exact) mass is 417 g/mol. The minimum absolute atomic E-state index is 0.0174. The van der Waals surface area contributed by atoms with E-state index in [1.54, 1.807) is 23.1 Å². The molecule has 0 atom stereocenters. The molecule has 0 bridgehead atoms. The quantitative estimate of drug-likeness (QED) is 0.482. The molecule has 1 aromatic heterocycles. The van der Waals surface area contributed by atoms with Gasteiger partial charge in [0.05, 0.1) is 23.8 Å². The van der Waals surface area contributed by atoms with Crippen LogP contribution in [0.2, 0.25) is 0 Å². The van der Waals surface area contributed by atoms with E-state index in [0.29, 0.717) is 23.8 Å². The van der Waals surface area contributed by atoms with Crippen LogP contribution in [0.1, 0.15) is 37.0 Å². The molecule has 1 aliphatic rings. The predicted molar refractivity (Wildman–Crippen MR) is 112 cm³/mol. The first-order valence-corrected chi connectivity index (χ1v) is 10.9. The van der Waals surface area contributed by atoms with Crippen LogP contribution in [0.5, 0.6) is 0 Å². The second kappa shape index (κ2) is 10.4. The Hall–Kier alpha value is -2.39. The van der Waals surface area contributed by atoms with Crippen molar-refractivity contribution in [2.45, 2.75) is 32.7 Å². The Morgan fingerprint density at radius 2 is 1.93 bits per heavy atom. The number of piperazine rings is 1. The second-order valence-electron chi connectivity index (χ2n) is 7.16. The van der Waals surface area contributed by atoms with Crippen LogP contribution in [0.25, 0.3) is 5.32 Å². The van der Waals surface area contributed by atoms with Crippen LogP contribution in [0.3, 0.4) is 0 Å². The zero-order chi connectivity index (χ0) is 20.6. The van der Waals surface area contributed by atoms with Crippen LogP contribution in [0.4, 0.5) is 5.88 Å². The standard InChI is InChI=1S/C20H27N5O3S/c1-16(2)23-10-12-24(13-11-23)25-15-19(28-22-25)21-18(26)9-6-14-29-20(27)17-7-4-3-5-8-17/h3-5,7-8,15-16H,6,9-14H2,1-2H3. The molecule has 1 fully saturated rings. The normalized spacial score (nSPS) is 14.9. The molecule has 1 saturated heterocycles. The lowest BCUT2D eigenvalue weighted by atomic mass is 10.2. The van der Waals surface area contributed by atoms with Gasteiger partial charge >= 0.3 is 0 Å². The number of carbonyl (C=O) groups is 2. The summed E-state index contributed by atoms with van der Waals surface area (Å²) in [6.45, 7) is 7.99. The molecule has 2 aromatic rings. The zero-order valence-electron chi connectivity index (χ0n) is 16.9. The third-order valence-electron chi connectivity index (χ3n) is 4.77. The molecular weight excluding hydrogens is 390 g/mol. The van der Waals surface area contributed by atoms with Gasteiger partial charge in [-0.05, 0) is 26.7 Å². The highest BCUT2D eigenvalue weighted by Crippen LogP contribution is 2.18. The summed E-state index contributed by atoms with van der Waals surface area (Å²) in [6.07, 6.45) is 2.48. The van der Waals surface area contributed by atoms with Crippen molar-refractivity contribution < 1.29 is 18.9 Å². The highest BCUT2D eigenvalue weighted by atomic mass is 32.2. The van der Waals surface area contributed by atoms with Gasteiger partial charge in [0.2, 0.25) is 10.4 Å². The van der Waals surface area contributed by atoms with E-state index < -0.39 is 0 Å². The zero-order valence-corrected chi connectivity index (χ0v) is 17.7. The molecule has 0 aliphatic carbocycles. The van der Waals surface area contributed by atoms with Gasteiger partial charge in [-0.2, -0.15) is 5.01 Å². The van der Waals surface area contributed by atoms with Gasteiger partial charge < -0.3 is 14.6 Å². The maximum Gasteiger partial charge on any atom is 0.257 e. The largest absolute Gasteiger partial charge is 0.588 e. The molecular formula is C20H27N5O3S. The van der Waals surface area contributed by atoms with Gasteiger partial charge in [-0.3, -0.25) is 9.69 Å². The van der Waals surface area contributed by atoms with Crippen molar-refractivity contribution >= 4 is 28.7 Å². The van der Waals surface area contributed by atoms with Crippen molar-refractivity contribution in [1.29, 1.82) is 0 Å². The lowest BCUT2D eigenvalue weighted by Crippen LogP contribution is -2.65. The van der Waals surface area contributed by atoms with Crippen LogP contribution in [-0.2, 0) is 4.79 Å². The number of nitrogens with zero attached hydrogens (tertiary/aromatic N) is 5. The maximum absolute atomic E-state index is 12.1. The number of amides is 1. The molecule has 1 aliphatic heterocycles. The van der Waals surface area contributed by atoms with E-state index in [9.17, 15) is 9.59 Å². The number of carbonyl (C=O) groups excluding carboxylic acids is 2. The van der Waals surface area contributed by atoms with Crippen molar-refractivity contribution in [1.82, 2.24) is 10.2 Å². The fourth-order valence-corrected chi connectivity index (χ4v) is 3.85. The average Bonchev–Trinajstić information content (AvgIpc) is 3.20. The first-order valence-electron chi connectivity index (χ1n) is 9.87. The molecule has 1 aromatic carbocycles. The maximum atomic E-state index is 12.1. The Bertz CT molecular complexity index is 803. The summed E-state index contributed by atoms with van der Waals surface area (Å²) in [4.78, 5) is 28.1. The first-order chi connectivity index (χ1) is 14.0. The van der Waals surface area contributed by atoms with Crippen molar-refractivity contribution in [3.05, 3.63) is 47.4 Å². The number of benzene rings is 1. The molecule has 9 heteroatoms. The highest BCUT2D eigenvalue weighted by Gasteiger charge is 2.25. The fraction of sp³-hybridized carbons (Fsp3) is 0.500. The minimum Gasteiger partial charge on any atom is -0.588 e. The predicted octanol–water partition coefficient (Wildman–Crippen LogP) is 2.51. The van der Waals surface area contributed by atoms with Gasteiger partial charge in [-0.25, -0.2) is 0 Å². The molecule has 156 valence electrons.